The number of nitro benzene ring substituents is 1. The van der Waals surface area contributed by atoms with E-state index in [1.165, 1.54) is 44.2 Å². The van der Waals surface area contributed by atoms with Crippen molar-refractivity contribution in [2.75, 3.05) is 72.4 Å². The largest absolute Gasteiger partial charge is 0.492 e. The van der Waals surface area contributed by atoms with E-state index in [2.05, 4.69) is 30.5 Å². The van der Waals surface area contributed by atoms with Crippen molar-refractivity contribution >= 4 is 17.3 Å². The summed E-state index contributed by atoms with van der Waals surface area (Å²) in [6.07, 6.45) is 19.2. The summed E-state index contributed by atoms with van der Waals surface area (Å²) in [4.78, 5) is 36.4. The van der Waals surface area contributed by atoms with Gasteiger partial charge in [-0.1, -0.05) is 88.4 Å². The van der Waals surface area contributed by atoms with Crippen molar-refractivity contribution in [1.82, 2.24) is 9.80 Å². The van der Waals surface area contributed by atoms with Crippen LogP contribution in [0.1, 0.15) is 133 Å². The summed E-state index contributed by atoms with van der Waals surface area (Å²) in [5.74, 6) is -0.680. The Morgan fingerprint density at radius 3 is 2.33 bits per heavy atom. The molecule has 3 N–H and O–H groups in total. The van der Waals surface area contributed by atoms with Gasteiger partial charge in [-0.25, -0.2) is 0 Å². The molecule has 382 valence electrons. The molecule has 2 aromatic rings. The number of rotatable bonds is 35. The molecule has 15 nitrogen and oxygen atoms in total. The summed E-state index contributed by atoms with van der Waals surface area (Å²) < 4.78 is 26.9. The summed E-state index contributed by atoms with van der Waals surface area (Å²) >= 11 is 0. The third kappa shape index (κ3) is 15.1. The molecular weight excluding hydrogens is 881 g/mol. The molecule has 2 aliphatic heterocycles. The highest BCUT2D eigenvalue weighted by atomic mass is 16.7. The topological polar surface area (TPSA) is 186 Å². The molecule has 0 unspecified atom stereocenters. The molecule has 0 aromatic heterocycles. The molecule has 0 radical (unpaired) electrons. The standard InChI is InChI=1S/C54H80N4O11/c1-3-5-6-7-8-9-10-11-12-19-51(62)57(29-34-65-36-32-61)50-39-48(55-68-40-41-20-22-43(23-21-41)58(63)64)46-37-42(17-13-15-30-59)45(18-14-16-31-60)52-47-38-44(66-35-28-56-26-27-56)24-25-49(47)69-54(50,53(46)52)67-33-4-2/h4,20-25,37-38,42,45,50,52-53,59-61H,2-3,5-19,26-36,39-40H2,1H3/t42-,45+,50-,52+,53+,54+/m0/s1. The fourth-order valence-corrected chi connectivity index (χ4v) is 10.7. The van der Waals surface area contributed by atoms with Gasteiger partial charge in [-0.3, -0.25) is 19.8 Å². The Hall–Kier alpha value is -4.38. The Balaban J connectivity index is 1.46. The van der Waals surface area contributed by atoms with Gasteiger partial charge in [0, 0.05) is 75.8 Å². The lowest BCUT2D eigenvalue weighted by Gasteiger charge is -2.60. The molecule has 2 fully saturated rings. The van der Waals surface area contributed by atoms with Crippen molar-refractivity contribution < 1.29 is 48.8 Å². The number of benzene rings is 2. The molecule has 6 atom stereocenters. The lowest BCUT2D eigenvalue weighted by Crippen LogP contribution is -2.70. The Kier molecular flexibility index (Phi) is 22.3. The van der Waals surface area contributed by atoms with E-state index >= 15 is 4.79 Å². The average molecular weight is 961 g/mol. The van der Waals surface area contributed by atoms with E-state index in [1.54, 1.807) is 18.2 Å². The first kappa shape index (κ1) is 54.0. The Morgan fingerprint density at radius 1 is 0.928 bits per heavy atom. The van der Waals surface area contributed by atoms with Crippen LogP contribution in [0.15, 0.2) is 71.9 Å². The number of allylic oxidation sites excluding steroid dienone is 1. The van der Waals surface area contributed by atoms with Crippen molar-refractivity contribution in [3.63, 3.8) is 0 Å². The number of carbonyl (C=O) groups is 1. The van der Waals surface area contributed by atoms with Gasteiger partial charge in [-0.15, -0.1) is 6.58 Å². The van der Waals surface area contributed by atoms with E-state index < -0.39 is 22.7 Å². The summed E-state index contributed by atoms with van der Waals surface area (Å²) in [6.45, 7) is 10.6. The van der Waals surface area contributed by atoms with E-state index in [9.17, 15) is 25.4 Å². The van der Waals surface area contributed by atoms with Gasteiger partial charge in [0.25, 0.3) is 5.69 Å². The van der Waals surface area contributed by atoms with Gasteiger partial charge in [-0.2, -0.15) is 0 Å². The lowest BCUT2D eigenvalue weighted by molar-refractivity contribution is -0.384. The van der Waals surface area contributed by atoms with Crippen LogP contribution >= 0.6 is 0 Å². The van der Waals surface area contributed by atoms with Crippen LogP contribution in [0.5, 0.6) is 11.5 Å². The highest BCUT2D eigenvalue weighted by molar-refractivity contribution is 6.03. The molecule has 69 heavy (non-hydrogen) atoms. The monoisotopic (exact) mass is 961 g/mol. The number of oxime groups is 1. The number of amides is 1. The van der Waals surface area contributed by atoms with Crippen LogP contribution in [-0.4, -0.2) is 126 Å². The average Bonchev–Trinajstić information content (AvgIpc) is 4.19. The number of non-ortho nitro benzene ring substituents is 1. The smallest absolute Gasteiger partial charge is 0.269 e. The van der Waals surface area contributed by atoms with E-state index in [0.717, 1.165) is 87.9 Å². The van der Waals surface area contributed by atoms with Crippen molar-refractivity contribution in [2.24, 2.45) is 22.9 Å². The van der Waals surface area contributed by atoms with Crippen LogP contribution in [0, 0.1) is 27.9 Å². The Bertz CT molecular complexity index is 1960. The Labute approximate surface area is 410 Å². The number of ether oxygens (including phenoxy) is 4. The van der Waals surface area contributed by atoms with Crippen LogP contribution in [0.2, 0.25) is 0 Å². The van der Waals surface area contributed by atoms with E-state index in [-0.39, 0.29) is 88.6 Å². The number of nitrogens with zero attached hydrogens (tertiary/aromatic N) is 4. The zero-order valence-electron chi connectivity index (χ0n) is 41.2. The second kappa shape index (κ2) is 28.5. The van der Waals surface area contributed by atoms with Crippen LogP contribution in [0.25, 0.3) is 0 Å². The second-order valence-corrected chi connectivity index (χ2v) is 19.2. The van der Waals surface area contributed by atoms with Gasteiger partial charge in [0.2, 0.25) is 11.7 Å². The number of fused-ring (bicyclic) bond motifs is 2. The van der Waals surface area contributed by atoms with Gasteiger partial charge < -0.3 is 44.0 Å². The number of unbranched alkanes of at least 4 members (excludes halogenated alkanes) is 10. The normalized spacial score (nSPS) is 23.1. The van der Waals surface area contributed by atoms with Crippen molar-refractivity contribution in [1.29, 1.82) is 0 Å². The molecule has 2 aromatic carbocycles. The summed E-state index contributed by atoms with van der Waals surface area (Å²) in [5, 5.41) is 46.0. The van der Waals surface area contributed by atoms with Crippen LogP contribution in [0.4, 0.5) is 5.69 Å². The summed E-state index contributed by atoms with van der Waals surface area (Å²) in [7, 11) is 0. The highest BCUT2D eigenvalue weighted by Crippen LogP contribution is 2.62. The molecule has 2 aliphatic carbocycles. The van der Waals surface area contributed by atoms with Gasteiger partial charge in [0.15, 0.2) is 0 Å². The molecule has 0 bridgehead atoms. The van der Waals surface area contributed by atoms with E-state index in [4.69, 9.17) is 28.9 Å². The first-order valence-electron chi connectivity index (χ1n) is 26.0. The zero-order chi connectivity index (χ0) is 48.9. The van der Waals surface area contributed by atoms with Crippen LogP contribution in [-0.2, 0) is 25.7 Å². The minimum Gasteiger partial charge on any atom is -0.492 e. The summed E-state index contributed by atoms with van der Waals surface area (Å²) in [6, 6.07) is 11.6. The maximum absolute atomic E-state index is 15.0. The molecule has 2 heterocycles. The minimum absolute atomic E-state index is 0.0165. The quantitative estimate of drug-likeness (QED) is 0.0196. The number of hydrogen-bond acceptors (Lipinski definition) is 13. The van der Waals surface area contributed by atoms with E-state index in [1.807, 2.05) is 17.0 Å². The van der Waals surface area contributed by atoms with Gasteiger partial charge in [0.05, 0.1) is 43.0 Å². The number of hydrogen-bond donors (Lipinski definition) is 3. The van der Waals surface area contributed by atoms with Crippen LogP contribution in [0.3, 0.4) is 0 Å². The first-order chi connectivity index (χ1) is 33.8. The maximum atomic E-state index is 15.0. The van der Waals surface area contributed by atoms with Crippen molar-refractivity contribution in [2.45, 2.75) is 140 Å². The molecule has 4 aliphatic rings. The summed E-state index contributed by atoms with van der Waals surface area (Å²) in [5.41, 5.74) is 3.25. The van der Waals surface area contributed by atoms with E-state index in [0.29, 0.717) is 42.9 Å². The van der Waals surface area contributed by atoms with Gasteiger partial charge in [0.1, 0.15) is 30.8 Å². The maximum Gasteiger partial charge on any atom is 0.269 e. The second-order valence-electron chi connectivity index (χ2n) is 19.2. The zero-order valence-corrected chi connectivity index (χ0v) is 41.2. The molecule has 6 rings (SSSR count). The lowest BCUT2D eigenvalue weighted by atomic mass is 9.55. The van der Waals surface area contributed by atoms with Crippen LogP contribution < -0.4 is 9.47 Å². The SMILES string of the molecule is C=CCO[C@@]12Oc3ccc(OCCN4CC4)cc3[C@H]3[C@H](CCCCO)[C@@H](CCCCO)C=C(C(=NOCc4ccc([N+](=O)[O-])cc4)C[C@@H]1N(CCOCCO)C(=O)CCCCCCCCCCC)[C@H]32. The number of aliphatic hydroxyl groups excluding tert-OH is 3. The predicted octanol–water partition coefficient (Wildman–Crippen LogP) is 8.88. The Morgan fingerprint density at radius 2 is 1.65 bits per heavy atom. The molecule has 1 amide bonds. The predicted molar refractivity (Wildman–Crippen MR) is 266 cm³/mol. The van der Waals surface area contributed by atoms with Crippen molar-refractivity contribution in [3.05, 3.63) is 88.0 Å². The fourth-order valence-electron chi connectivity index (χ4n) is 10.7. The third-order valence-electron chi connectivity index (χ3n) is 14.3. The molecule has 0 spiro atoms. The van der Waals surface area contributed by atoms with Gasteiger partial charge >= 0.3 is 0 Å². The third-order valence-corrected chi connectivity index (χ3v) is 14.3. The fraction of sp³-hybridized carbons (Fsp3) is 0.667. The molecule has 15 heteroatoms. The number of nitro groups is 1. The minimum atomic E-state index is -1.42. The van der Waals surface area contributed by atoms with Gasteiger partial charge in [-0.05, 0) is 85.4 Å². The van der Waals surface area contributed by atoms with Crippen molar-refractivity contribution in [3.8, 4) is 11.5 Å². The number of aliphatic hydroxyl groups is 3. The molecule has 1 saturated heterocycles. The first-order valence-corrected chi connectivity index (χ1v) is 26.0. The number of carbonyl (C=O) groups excluding carboxylic acids is 1. The molecular formula is C54H80N4O11. The molecule has 1 saturated carbocycles. The highest BCUT2D eigenvalue weighted by Gasteiger charge is 2.65.